The minimum atomic E-state index is -1.68. The second-order valence-electron chi connectivity index (χ2n) is 3.37. The summed E-state index contributed by atoms with van der Waals surface area (Å²) in [7, 11) is 0. The van der Waals surface area contributed by atoms with Crippen LogP contribution in [0.3, 0.4) is 0 Å². The van der Waals surface area contributed by atoms with E-state index in [0.717, 1.165) is 13.0 Å². The van der Waals surface area contributed by atoms with Gasteiger partial charge in [0, 0.05) is 11.1 Å². The van der Waals surface area contributed by atoms with Gasteiger partial charge >= 0.3 is 5.97 Å². The Morgan fingerprint density at radius 1 is 1.41 bits per heavy atom. The Hall–Kier alpha value is -1.78. The summed E-state index contributed by atoms with van der Waals surface area (Å²) in [5, 5.41) is 0. The minimum absolute atomic E-state index is 0.0282. The third-order valence-electron chi connectivity index (χ3n) is 2.16. The van der Waals surface area contributed by atoms with Crippen molar-refractivity contribution >= 4 is 11.8 Å². The predicted molar refractivity (Wildman–Crippen MR) is 56.9 cm³/mol. The molecule has 0 fully saturated rings. The molecule has 17 heavy (non-hydrogen) atoms. The number of benzene rings is 1. The van der Waals surface area contributed by atoms with Gasteiger partial charge in [0.2, 0.25) is 0 Å². The van der Waals surface area contributed by atoms with Crippen molar-refractivity contribution in [2.24, 2.45) is 0 Å². The molecule has 1 aromatic carbocycles. The average molecular weight is 242 g/mol. The first-order chi connectivity index (χ1) is 7.99. The molecule has 0 N–H and O–H groups in total. The topological polar surface area (TPSA) is 43.4 Å². The Bertz CT molecular complexity index is 441. The maximum Gasteiger partial charge on any atom is 0.379 e. The van der Waals surface area contributed by atoms with Crippen molar-refractivity contribution < 1.29 is 23.1 Å². The van der Waals surface area contributed by atoms with E-state index in [9.17, 15) is 18.4 Å². The van der Waals surface area contributed by atoms with E-state index in [1.807, 2.05) is 0 Å². The van der Waals surface area contributed by atoms with Gasteiger partial charge in [0.05, 0.1) is 6.61 Å². The van der Waals surface area contributed by atoms with Crippen LogP contribution in [0, 0.1) is 5.82 Å². The van der Waals surface area contributed by atoms with E-state index in [1.54, 1.807) is 0 Å². The van der Waals surface area contributed by atoms with Crippen LogP contribution < -0.4 is 0 Å². The first kappa shape index (κ1) is 13.3. The van der Waals surface area contributed by atoms with Crippen LogP contribution in [0.2, 0.25) is 0 Å². The lowest BCUT2D eigenvalue weighted by molar-refractivity contribution is -0.137. The molecule has 0 spiro atoms. The van der Waals surface area contributed by atoms with E-state index in [2.05, 4.69) is 4.74 Å². The highest BCUT2D eigenvalue weighted by atomic mass is 19.1. The number of rotatable bonds is 4. The Labute approximate surface area is 97.4 Å². The van der Waals surface area contributed by atoms with E-state index in [1.165, 1.54) is 19.1 Å². The summed E-state index contributed by atoms with van der Waals surface area (Å²) in [6.07, 6.45) is -1.68. The molecule has 1 unspecified atom stereocenters. The number of hydrogen-bond donors (Lipinski definition) is 0. The first-order valence-electron chi connectivity index (χ1n) is 5.13. The molecular weight excluding hydrogens is 230 g/mol. The van der Waals surface area contributed by atoms with Gasteiger partial charge in [-0.3, -0.25) is 4.79 Å². The Morgan fingerprint density at radius 2 is 2.06 bits per heavy atom. The summed E-state index contributed by atoms with van der Waals surface area (Å²) in [5.41, 5.74) is -0.705. The van der Waals surface area contributed by atoms with Crippen molar-refractivity contribution in [3.63, 3.8) is 0 Å². The summed E-state index contributed by atoms with van der Waals surface area (Å²) in [6, 6.07) is 3.48. The van der Waals surface area contributed by atoms with Gasteiger partial charge < -0.3 is 4.74 Å². The van der Waals surface area contributed by atoms with Gasteiger partial charge in [0.1, 0.15) is 12.0 Å². The predicted octanol–water partition coefficient (Wildman–Crippen LogP) is 2.60. The van der Waals surface area contributed by atoms with Crippen molar-refractivity contribution in [2.45, 2.75) is 20.0 Å². The molecular formula is C12H12F2O3. The molecule has 0 aliphatic heterocycles. The number of hydrogen-bond acceptors (Lipinski definition) is 3. The van der Waals surface area contributed by atoms with Crippen LogP contribution in [0.25, 0.3) is 0 Å². The van der Waals surface area contributed by atoms with Crippen LogP contribution in [0.4, 0.5) is 8.78 Å². The molecule has 0 aromatic heterocycles. The summed E-state index contributed by atoms with van der Waals surface area (Å²) in [5.74, 6) is -3.00. The Balaban J connectivity index is 3.18. The van der Waals surface area contributed by atoms with E-state index in [0.29, 0.717) is 0 Å². The molecule has 0 aliphatic rings. The van der Waals surface area contributed by atoms with Crippen molar-refractivity contribution in [3.05, 3.63) is 35.1 Å². The molecule has 0 saturated carbocycles. The quantitative estimate of drug-likeness (QED) is 0.463. The number of ketones is 1. The van der Waals surface area contributed by atoms with Crippen LogP contribution >= 0.6 is 0 Å². The molecule has 0 bridgehead atoms. The summed E-state index contributed by atoms with van der Waals surface area (Å²) in [4.78, 5) is 22.8. The second kappa shape index (κ2) is 5.52. The minimum Gasteiger partial charge on any atom is -0.460 e. The van der Waals surface area contributed by atoms with E-state index in [4.69, 9.17) is 0 Å². The lowest BCUT2D eigenvalue weighted by Crippen LogP contribution is -2.19. The van der Waals surface area contributed by atoms with Gasteiger partial charge in [-0.15, -0.1) is 0 Å². The summed E-state index contributed by atoms with van der Waals surface area (Å²) in [6.45, 7) is 2.66. The zero-order chi connectivity index (χ0) is 13.0. The highest BCUT2D eigenvalue weighted by Gasteiger charge is 2.25. The molecule has 5 heteroatoms. The summed E-state index contributed by atoms with van der Waals surface area (Å²) < 4.78 is 31.1. The number of esters is 1. The molecule has 3 nitrogen and oxygen atoms in total. The molecule has 1 atom stereocenters. The maximum absolute atomic E-state index is 13.4. The largest absolute Gasteiger partial charge is 0.460 e. The van der Waals surface area contributed by atoms with Crippen molar-refractivity contribution in [1.82, 2.24) is 0 Å². The highest BCUT2D eigenvalue weighted by Crippen LogP contribution is 2.24. The van der Waals surface area contributed by atoms with E-state index in [-0.39, 0.29) is 12.2 Å². The molecule has 92 valence electrons. The number of halogens is 2. The standard InChI is InChI=1S/C12H12F2O3/c1-3-17-12(16)11(15)8-5-4-6-9(14)10(8)7(2)13/h4-7H,3H2,1-2H3. The van der Waals surface area contributed by atoms with Crippen molar-refractivity contribution in [3.8, 4) is 0 Å². The maximum atomic E-state index is 13.4. The SMILES string of the molecule is CCOC(=O)C(=O)c1cccc(F)c1C(C)F. The monoisotopic (exact) mass is 242 g/mol. The fourth-order valence-corrected chi connectivity index (χ4v) is 1.45. The van der Waals surface area contributed by atoms with Crippen LogP contribution in [0.15, 0.2) is 18.2 Å². The molecule has 1 aromatic rings. The van der Waals surface area contributed by atoms with Gasteiger partial charge in [-0.25, -0.2) is 13.6 Å². The number of Topliss-reactive ketones (excluding diaryl/α,β-unsaturated/α-hetero) is 1. The smallest absolute Gasteiger partial charge is 0.379 e. The number of carbonyl (C=O) groups is 2. The van der Waals surface area contributed by atoms with Gasteiger partial charge in [0.15, 0.2) is 0 Å². The van der Waals surface area contributed by atoms with Crippen LogP contribution in [0.1, 0.15) is 35.9 Å². The van der Waals surface area contributed by atoms with Gasteiger partial charge in [-0.05, 0) is 19.9 Å². The number of carbonyl (C=O) groups excluding carboxylic acids is 2. The van der Waals surface area contributed by atoms with Crippen molar-refractivity contribution in [1.29, 1.82) is 0 Å². The second-order valence-corrected chi connectivity index (χ2v) is 3.37. The summed E-state index contributed by atoms with van der Waals surface area (Å²) >= 11 is 0. The number of ether oxygens (including phenoxy) is 1. The van der Waals surface area contributed by atoms with Crippen LogP contribution in [0.5, 0.6) is 0 Å². The molecule has 0 aliphatic carbocycles. The van der Waals surface area contributed by atoms with Gasteiger partial charge in [0.25, 0.3) is 5.78 Å². The lowest BCUT2D eigenvalue weighted by atomic mass is 10.00. The van der Waals surface area contributed by atoms with Gasteiger partial charge in [-0.2, -0.15) is 0 Å². The fraction of sp³-hybridized carbons (Fsp3) is 0.333. The molecule has 1 rings (SSSR count). The Morgan fingerprint density at radius 3 is 2.59 bits per heavy atom. The highest BCUT2D eigenvalue weighted by molar-refractivity contribution is 6.41. The Kier molecular flexibility index (Phi) is 4.31. The number of alkyl halides is 1. The lowest BCUT2D eigenvalue weighted by Gasteiger charge is -2.09. The first-order valence-corrected chi connectivity index (χ1v) is 5.13. The zero-order valence-electron chi connectivity index (χ0n) is 9.50. The molecule has 0 amide bonds. The van der Waals surface area contributed by atoms with E-state index >= 15 is 0 Å². The van der Waals surface area contributed by atoms with Crippen LogP contribution in [-0.4, -0.2) is 18.4 Å². The van der Waals surface area contributed by atoms with Gasteiger partial charge in [-0.1, -0.05) is 12.1 Å². The van der Waals surface area contributed by atoms with E-state index < -0.39 is 29.3 Å². The molecule has 0 radical (unpaired) electrons. The fourth-order valence-electron chi connectivity index (χ4n) is 1.45. The molecule has 0 saturated heterocycles. The zero-order valence-corrected chi connectivity index (χ0v) is 9.50. The van der Waals surface area contributed by atoms with Crippen molar-refractivity contribution in [2.75, 3.05) is 6.61 Å². The normalized spacial score (nSPS) is 12.0. The molecule has 0 heterocycles. The average Bonchev–Trinajstić information content (AvgIpc) is 2.27. The van der Waals surface area contributed by atoms with Crippen LogP contribution in [-0.2, 0) is 9.53 Å². The third kappa shape index (κ3) is 2.87. The third-order valence-corrected chi connectivity index (χ3v) is 2.16.